The van der Waals surface area contributed by atoms with Crippen molar-refractivity contribution in [1.82, 2.24) is 0 Å². The van der Waals surface area contributed by atoms with Crippen molar-refractivity contribution in [2.24, 2.45) is 11.8 Å². The van der Waals surface area contributed by atoms with Crippen LogP contribution in [0.15, 0.2) is 24.3 Å². The van der Waals surface area contributed by atoms with Gasteiger partial charge >= 0.3 is 5.97 Å². The fraction of sp³-hybridized carbons (Fsp3) is 0.562. The van der Waals surface area contributed by atoms with Gasteiger partial charge in [-0.2, -0.15) is 0 Å². The minimum atomic E-state index is -0.245. The zero-order valence-corrected chi connectivity index (χ0v) is 11.6. The summed E-state index contributed by atoms with van der Waals surface area (Å²) in [6.07, 6.45) is 5.39. The van der Waals surface area contributed by atoms with Gasteiger partial charge in [0.05, 0.1) is 18.4 Å². The Labute approximate surface area is 114 Å². The van der Waals surface area contributed by atoms with Crippen molar-refractivity contribution in [3.8, 4) is 0 Å². The molecule has 19 heavy (non-hydrogen) atoms. The number of nitrogens with zero attached hydrogens (tertiary/aromatic N) is 1. The third-order valence-electron chi connectivity index (χ3n) is 4.89. The fourth-order valence-corrected chi connectivity index (χ4v) is 3.93. The molecule has 3 nitrogen and oxygen atoms in total. The van der Waals surface area contributed by atoms with Crippen LogP contribution in [0.2, 0.25) is 0 Å². The maximum atomic E-state index is 11.9. The van der Waals surface area contributed by atoms with Gasteiger partial charge in [0.25, 0.3) is 0 Å². The van der Waals surface area contributed by atoms with Crippen molar-refractivity contribution in [2.75, 3.05) is 19.1 Å². The van der Waals surface area contributed by atoms with Crippen LogP contribution in [0.3, 0.4) is 0 Å². The third-order valence-corrected chi connectivity index (χ3v) is 4.89. The predicted octanol–water partition coefficient (Wildman–Crippen LogP) is 3.10. The molecule has 3 atom stereocenters. The molecule has 1 aromatic rings. The van der Waals surface area contributed by atoms with E-state index in [1.165, 1.54) is 32.8 Å². The second-order valence-electron chi connectivity index (χ2n) is 5.86. The van der Waals surface area contributed by atoms with E-state index in [-0.39, 0.29) is 5.97 Å². The maximum absolute atomic E-state index is 11.9. The molecule has 2 saturated carbocycles. The molecule has 1 aromatic carbocycles. The van der Waals surface area contributed by atoms with E-state index in [0.29, 0.717) is 11.6 Å². The number of esters is 1. The topological polar surface area (TPSA) is 29.5 Å². The first-order chi connectivity index (χ1) is 9.20. The summed E-state index contributed by atoms with van der Waals surface area (Å²) >= 11 is 0. The molecule has 3 rings (SSSR count). The minimum Gasteiger partial charge on any atom is -0.465 e. The van der Waals surface area contributed by atoms with Crippen molar-refractivity contribution >= 4 is 11.7 Å². The Balaban J connectivity index is 1.87. The van der Waals surface area contributed by atoms with Gasteiger partial charge in [-0.25, -0.2) is 4.79 Å². The number of anilines is 1. The summed E-state index contributed by atoms with van der Waals surface area (Å²) in [5, 5.41) is 0. The summed E-state index contributed by atoms with van der Waals surface area (Å²) in [5.41, 5.74) is 1.68. The fourth-order valence-electron chi connectivity index (χ4n) is 3.93. The van der Waals surface area contributed by atoms with E-state index < -0.39 is 0 Å². The Kier molecular flexibility index (Phi) is 3.21. The Morgan fingerprint density at radius 3 is 2.68 bits per heavy atom. The lowest BCUT2D eigenvalue weighted by molar-refractivity contribution is 0.0601. The van der Waals surface area contributed by atoms with Gasteiger partial charge in [-0.1, -0.05) is 18.6 Å². The largest absolute Gasteiger partial charge is 0.465 e. The van der Waals surface area contributed by atoms with E-state index >= 15 is 0 Å². The number of carbonyl (C=O) groups is 1. The second-order valence-corrected chi connectivity index (χ2v) is 5.86. The highest BCUT2D eigenvalue weighted by Crippen LogP contribution is 2.47. The SMILES string of the molecule is COC(=O)c1ccccc1N(C)C1CC2CCC1C2. The van der Waals surface area contributed by atoms with Crippen molar-refractivity contribution in [2.45, 2.75) is 31.7 Å². The number of benzene rings is 1. The van der Waals surface area contributed by atoms with Crippen LogP contribution in [0, 0.1) is 11.8 Å². The van der Waals surface area contributed by atoms with E-state index in [2.05, 4.69) is 11.9 Å². The summed E-state index contributed by atoms with van der Waals surface area (Å²) in [4.78, 5) is 14.2. The number of methoxy groups -OCH3 is 1. The van der Waals surface area contributed by atoms with Crippen LogP contribution < -0.4 is 4.90 Å². The molecular weight excluding hydrogens is 238 g/mol. The molecule has 0 radical (unpaired) electrons. The molecule has 0 spiro atoms. The van der Waals surface area contributed by atoms with Gasteiger partial charge in [0.1, 0.15) is 0 Å². The molecule has 102 valence electrons. The maximum Gasteiger partial charge on any atom is 0.339 e. The molecule has 0 aliphatic heterocycles. The standard InChI is InChI=1S/C16H21NO2/c1-17(15-10-11-7-8-12(15)9-11)14-6-4-3-5-13(14)16(18)19-2/h3-6,11-12,15H,7-10H2,1-2H3. The van der Waals surface area contributed by atoms with Crippen LogP contribution in [0.4, 0.5) is 5.69 Å². The molecule has 0 N–H and O–H groups in total. The first-order valence-electron chi connectivity index (χ1n) is 7.11. The summed E-state index contributed by atoms with van der Waals surface area (Å²) in [5.74, 6) is 1.47. The number of ether oxygens (including phenoxy) is 1. The Morgan fingerprint density at radius 1 is 1.26 bits per heavy atom. The van der Waals surface area contributed by atoms with Crippen LogP contribution in [0.1, 0.15) is 36.0 Å². The molecule has 0 amide bonds. The number of hydrogen-bond acceptors (Lipinski definition) is 3. The summed E-state index contributed by atoms with van der Waals surface area (Å²) in [7, 11) is 3.56. The normalized spacial score (nSPS) is 28.4. The summed E-state index contributed by atoms with van der Waals surface area (Å²) in [6, 6.07) is 8.35. The predicted molar refractivity (Wildman–Crippen MR) is 75.4 cm³/mol. The Bertz CT molecular complexity index is 485. The van der Waals surface area contributed by atoms with Gasteiger partial charge in [-0.15, -0.1) is 0 Å². The van der Waals surface area contributed by atoms with Gasteiger partial charge in [-0.05, 0) is 43.2 Å². The molecule has 0 saturated heterocycles. The highest BCUT2D eigenvalue weighted by atomic mass is 16.5. The van der Waals surface area contributed by atoms with Crippen LogP contribution in [-0.2, 0) is 4.74 Å². The number of carbonyl (C=O) groups excluding carboxylic acids is 1. The van der Waals surface area contributed by atoms with Gasteiger partial charge in [0.2, 0.25) is 0 Å². The van der Waals surface area contributed by atoms with Crippen LogP contribution in [-0.4, -0.2) is 26.2 Å². The molecule has 0 aromatic heterocycles. The van der Waals surface area contributed by atoms with Crippen molar-refractivity contribution in [1.29, 1.82) is 0 Å². The van der Waals surface area contributed by atoms with Crippen molar-refractivity contribution in [3.05, 3.63) is 29.8 Å². The number of para-hydroxylation sites is 1. The molecule has 2 aliphatic carbocycles. The van der Waals surface area contributed by atoms with E-state index in [4.69, 9.17) is 4.74 Å². The quantitative estimate of drug-likeness (QED) is 0.781. The average Bonchev–Trinajstić information content (AvgIpc) is 3.08. The molecule has 3 heteroatoms. The lowest BCUT2D eigenvalue weighted by atomic mass is 9.93. The van der Waals surface area contributed by atoms with Crippen LogP contribution in [0.25, 0.3) is 0 Å². The van der Waals surface area contributed by atoms with E-state index in [0.717, 1.165) is 17.5 Å². The van der Waals surface area contributed by atoms with Crippen LogP contribution in [0.5, 0.6) is 0 Å². The smallest absolute Gasteiger partial charge is 0.339 e. The van der Waals surface area contributed by atoms with Gasteiger partial charge in [0.15, 0.2) is 0 Å². The lowest BCUT2D eigenvalue weighted by Gasteiger charge is -2.34. The lowest BCUT2D eigenvalue weighted by Crippen LogP contribution is -2.36. The molecular formula is C16H21NO2. The molecule has 0 heterocycles. The van der Waals surface area contributed by atoms with Gasteiger partial charge < -0.3 is 9.64 Å². The Morgan fingerprint density at radius 2 is 2.05 bits per heavy atom. The zero-order valence-electron chi connectivity index (χ0n) is 11.6. The van der Waals surface area contributed by atoms with Crippen LogP contribution >= 0.6 is 0 Å². The van der Waals surface area contributed by atoms with Crippen molar-refractivity contribution in [3.63, 3.8) is 0 Å². The van der Waals surface area contributed by atoms with E-state index in [1.807, 2.05) is 24.3 Å². The number of fused-ring (bicyclic) bond motifs is 2. The van der Waals surface area contributed by atoms with Gasteiger partial charge in [0, 0.05) is 13.1 Å². The average molecular weight is 259 g/mol. The molecule has 2 fully saturated rings. The van der Waals surface area contributed by atoms with Gasteiger partial charge in [-0.3, -0.25) is 0 Å². The first-order valence-corrected chi connectivity index (χ1v) is 7.11. The molecule has 2 aliphatic rings. The summed E-state index contributed by atoms with van der Waals surface area (Å²) < 4.78 is 4.89. The highest BCUT2D eigenvalue weighted by Gasteiger charge is 2.41. The second kappa shape index (κ2) is 4.87. The third kappa shape index (κ3) is 2.11. The number of hydrogen-bond donors (Lipinski definition) is 0. The zero-order chi connectivity index (χ0) is 13.4. The molecule has 3 unspecified atom stereocenters. The minimum absolute atomic E-state index is 0.245. The van der Waals surface area contributed by atoms with Crippen molar-refractivity contribution < 1.29 is 9.53 Å². The summed E-state index contributed by atoms with van der Waals surface area (Å²) in [6.45, 7) is 0. The van der Waals surface area contributed by atoms with E-state index in [1.54, 1.807) is 0 Å². The molecule has 2 bridgehead atoms. The highest BCUT2D eigenvalue weighted by molar-refractivity contribution is 5.95. The van der Waals surface area contributed by atoms with E-state index in [9.17, 15) is 4.79 Å². The first kappa shape index (κ1) is 12.5. The Hall–Kier alpha value is -1.51. The number of rotatable bonds is 3. The monoisotopic (exact) mass is 259 g/mol.